The Morgan fingerprint density at radius 1 is 1.40 bits per heavy atom. The number of hydrogen-bond acceptors (Lipinski definition) is 2. The third kappa shape index (κ3) is 3.30. The summed E-state index contributed by atoms with van der Waals surface area (Å²) in [5, 5.41) is 14.7. The lowest BCUT2D eigenvalue weighted by Gasteiger charge is -2.37. The number of carbonyl (C=O) groups is 1. The summed E-state index contributed by atoms with van der Waals surface area (Å²) in [6, 6.07) is 5.08. The van der Waals surface area contributed by atoms with Crippen molar-refractivity contribution in [3.05, 3.63) is 35.3 Å². The van der Waals surface area contributed by atoms with Crippen LogP contribution in [0.5, 0.6) is 0 Å². The van der Waals surface area contributed by atoms with Crippen LogP contribution in [0.1, 0.15) is 50.5 Å². The van der Waals surface area contributed by atoms with Gasteiger partial charge in [-0.2, -0.15) is 4.73 Å². The highest BCUT2D eigenvalue weighted by molar-refractivity contribution is 5.91. The smallest absolute Gasteiger partial charge is 0.317 e. The van der Waals surface area contributed by atoms with Gasteiger partial charge in [-0.15, -0.1) is 0 Å². The molecule has 1 heterocycles. The molecule has 0 saturated heterocycles. The van der Waals surface area contributed by atoms with E-state index in [1.54, 1.807) is 18.2 Å². The Balaban J connectivity index is 2.10. The standard InChI is InChI=1S/C16H24N2O2/c1-11(2)13-8-7-12(3)10-14(13)17-16(19)15-6-4-5-9-18(15)20/h4-6,9,11-14H,7-8,10H2,1-3H3,(H,17,19)/t12-,13-,14+/m1/s1. The highest BCUT2D eigenvalue weighted by Crippen LogP contribution is 2.33. The van der Waals surface area contributed by atoms with Crippen LogP contribution in [-0.2, 0) is 0 Å². The van der Waals surface area contributed by atoms with Gasteiger partial charge in [0.05, 0.1) is 0 Å². The first-order chi connectivity index (χ1) is 9.49. The van der Waals surface area contributed by atoms with Crippen LogP contribution in [0.4, 0.5) is 0 Å². The van der Waals surface area contributed by atoms with Crippen LogP contribution < -0.4 is 10.0 Å². The molecule has 1 fully saturated rings. The number of carbonyl (C=O) groups excluding carboxylic acids is 1. The van der Waals surface area contributed by atoms with E-state index in [9.17, 15) is 10.0 Å². The molecule has 0 aromatic carbocycles. The molecule has 2 rings (SSSR count). The summed E-state index contributed by atoms with van der Waals surface area (Å²) >= 11 is 0. The fourth-order valence-electron chi connectivity index (χ4n) is 3.21. The molecule has 0 aliphatic heterocycles. The summed E-state index contributed by atoms with van der Waals surface area (Å²) in [7, 11) is 0. The van der Waals surface area contributed by atoms with Gasteiger partial charge in [0.2, 0.25) is 0 Å². The summed E-state index contributed by atoms with van der Waals surface area (Å²) in [5.41, 5.74) is 0.174. The van der Waals surface area contributed by atoms with Crippen molar-refractivity contribution in [1.29, 1.82) is 0 Å². The molecule has 20 heavy (non-hydrogen) atoms. The lowest BCUT2D eigenvalue weighted by molar-refractivity contribution is -0.607. The highest BCUT2D eigenvalue weighted by Gasteiger charge is 2.32. The molecule has 1 aliphatic rings. The minimum atomic E-state index is -0.259. The summed E-state index contributed by atoms with van der Waals surface area (Å²) in [5.74, 6) is 1.41. The van der Waals surface area contributed by atoms with E-state index in [0.29, 0.717) is 22.5 Å². The Kier molecular flexibility index (Phi) is 4.63. The molecule has 1 aromatic rings. The van der Waals surface area contributed by atoms with Gasteiger partial charge in [0.15, 0.2) is 6.20 Å². The van der Waals surface area contributed by atoms with Gasteiger partial charge in [-0.3, -0.25) is 4.79 Å². The van der Waals surface area contributed by atoms with Gasteiger partial charge in [0.1, 0.15) is 0 Å². The lowest BCUT2D eigenvalue weighted by atomic mass is 9.74. The third-order valence-electron chi connectivity index (χ3n) is 4.40. The van der Waals surface area contributed by atoms with Crippen LogP contribution >= 0.6 is 0 Å². The van der Waals surface area contributed by atoms with Gasteiger partial charge in [-0.25, -0.2) is 0 Å². The maximum atomic E-state index is 12.3. The van der Waals surface area contributed by atoms with E-state index in [4.69, 9.17) is 0 Å². The number of nitrogens with one attached hydrogen (secondary N) is 1. The van der Waals surface area contributed by atoms with Crippen molar-refractivity contribution in [3.8, 4) is 0 Å². The van der Waals surface area contributed by atoms with Crippen molar-refractivity contribution in [1.82, 2.24) is 5.32 Å². The number of rotatable bonds is 3. The second kappa shape index (κ2) is 6.25. The fourth-order valence-corrected chi connectivity index (χ4v) is 3.21. The van der Waals surface area contributed by atoms with Crippen LogP contribution in [0.15, 0.2) is 24.4 Å². The predicted molar refractivity (Wildman–Crippen MR) is 78.0 cm³/mol. The van der Waals surface area contributed by atoms with Crippen molar-refractivity contribution >= 4 is 5.91 Å². The molecule has 4 nitrogen and oxygen atoms in total. The summed E-state index contributed by atoms with van der Waals surface area (Å²) in [6.07, 6.45) is 4.73. The Hall–Kier alpha value is -1.58. The minimum Gasteiger partial charge on any atom is -0.618 e. The van der Waals surface area contributed by atoms with Gasteiger partial charge in [-0.05, 0) is 36.7 Å². The summed E-state index contributed by atoms with van der Waals surface area (Å²) in [6.45, 7) is 6.64. The second-order valence-corrected chi connectivity index (χ2v) is 6.32. The van der Waals surface area contributed by atoms with E-state index in [0.717, 1.165) is 12.8 Å². The molecule has 3 atom stereocenters. The van der Waals surface area contributed by atoms with E-state index in [2.05, 4.69) is 26.1 Å². The monoisotopic (exact) mass is 276 g/mol. The van der Waals surface area contributed by atoms with Crippen molar-refractivity contribution < 1.29 is 9.52 Å². The van der Waals surface area contributed by atoms with Crippen LogP contribution in [0.2, 0.25) is 0 Å². The molecular weight excluding hydrogens is 252 g/mol. The summed E-state index contributed by atoms with van der Waals surface area (Å²) < 4.78 is 0.631. The van der Waals surface area contributed by atoms with Gasteiger partial charge in [0, 0.05) is 18.2 Å². The Morgan fingerprint density at radius 3 is 2.80 bits per heavy atom. The Labute approximate surface area is 120 Å². The van der Waals surface area contributed by atoms with E-state index in [-0.39, 0.29) is 17.6 Å². The van der Waals surface area contributed by atoms with Gasteiger partial charge in [0.25, 0.3) is 5.69 Å². The zero-order chi connectivity index (χ0) is 14.7. The maximum Gasteiger partial charge on any atom is 0.317 e. The highest BCUT2D eigenvalue weighted by atomic mass is 16.5. The third-order valence-corrected chi connectivity index (χ3v) is 4.40. The zero-order valence-electron chi connectivity index (χ0n) is 12.5. The lowest BCUT2D eigenvalue weighted by Crippen LogP contribution is -2.48. The van der Waals surface area contributed by atoms with Crippen molar-refractivity contribution in [2.24, 2.45) is 17.8 Å². The van der Waals surface area contributed by atoms with Crippen LogP contribution in [0.25, 0.3) is 0 Å². The first kappa shape index (κ1) is 14.8. The second-order valence-electron chi connectivity index (χ2n) is 6.32. The van der Waals surface area contributed by atoms with E-state index < -0.39 is 0 Å². The molecule has 0 spiro atoms. The molecule has 1 amide bonds. The SMILES string of the molecule is CC(C)[C@H]1CC[C@@H](C)C[C@@H]1NC(=O)c1cccc[n+]1[O-]. The summed E-state index contributed by atoms with van der Waals surface area (Å²) in [4.78, 5) is 12.3. The van der Waals surface area contributed by atoms with Gasteiger partial charge in [-0.1, -0.05) is 27.2 Å². The molecule has 0 unspecified atom stereocenters. The van der Waals surface area contributed by atoms with Crippen molar-refractivity contribution in [3.63, 3.8) is 0 Å². The number of aromatic nitrogens is 1. The number of amides is 1. The minimum absolute atomic E-state index is 0.173. The Morgan fingerprint density at radius 2 is 2.15 bits per heavy atom. The molecular formula is C16H24N2O2. The topological polar surface area (TPSA) is 56.0 Å². The molecule has 4 heteroatoms. The van der Waals surface area contributed by atoms with Crippen LogP contribution in [0, 0.1) is 23.0 Å². The molecule has 1 N–H and O–H groups in total. The Bertz CT molecular complexity index is 473. The zero-order valence-corrected chi connectivity index (χ0v) is 12.5. The molecule has 1 aliphatic carbocycles. The van der Waals surface area contributed by atoms with Crippen LogP contribution in [0.3, 0.4) is 0 Å². The maximum absolute atomic E-state index is 12.3. The van der Waals surface area contributed by atoms with Gasteiger partial charge < -0.3 is 10.5 Å². The molecule has 110 valence electrons. The number of pyridine rings is 1. The normalized spacial score (nSPS) is 26.5. The average Bonchev–Trinajstić information content (AvgIpc) is 2.38. The molecule has 1 saturated carbocycles. The predicted octanol–water partition coefficient (Wildman–Crippen LogP) is 2.51. The largest absolute Gasteiger partial charge is 0.618 e. The van der Waals surface area contributed by atoms with Crippen LogP contribution in [-0.4, -0.2) is 11.9 Å². The average molecular weight is 276 g/mol. The molecule has 1 aromatic heterocycles. The fraction of sp³-hybridized carbons (Fsp3) is 0.625. The van der Waals surface area contributed by atoms with E-state index >= 15 is 0 Å². The quantitative estimate of drug-likeness (QED) is 0.681. The number of hydrogen-bond donors (Lipinski definition) is 1. The molecule has 0 radical (unpaired) electrons. The van der Waals surface area contributed by atoms with E-state index in [1.807, 2.05) is 0 Å². The number of nitrogens with zero attached hydrogens (tertiary/aromatic N) is 1. The first-order valence-corrected chi connectivity index (χ1v) is 7.48. The van der Waals surface area contributed by atoms with E-state index in [1.165, 1.54) is 12.6 Å². The molecule has 0 bridgehead atoms. The first-order valence-electron chi connectivity index (χ1n) is 7.48. The van der Waals surface area contributed by atoms with Gasteiger partial charge >= 0.3 is 5.91 Å². The van der Waals surface area contributed by atoms with Crippen molar-refractivity contribution in [2.75, 3.05) is 0 Å². The van der Waals surface area contributed by atoms with Crippen molar-refractivity contribution in [2.45, 2.75) is 46.1 Å².